The Morgan fingerprint density at radius 1 is 1.36 bits per heavy atom. The number of aliphatic hydroxyl groups is 1. The Hall–Kier alpha value is -1.02. The third-order valence-corrected chi connectivity index (χ3v) is 2.05. The summed E-state index contributed by atoms with van der Waals surface area (Å²) < 4.78 is 0. The maximum atomic E-state index is 8.85. The zero-order valence-electron chi connectivity index (χ0n) is 6.89. The number of rotatable bonds is 1. The van der Waals surface area contributed by atoms with Crippen LogP contribution < -0.4 is 5.73 Å². The van der Waals surface area contributed by atoms with Gasteiger partial charge >= 0.3 is 0 Å². The number of benzene rings is 1. The lowest BCUT2D eigenvalue weighted by Gasteiger charge is -2.07. The van der Waals surface area contributed by atoms with Crippen molar-refractivity contribution in [3.8, 4) is 0 Å². The summed E-state index contributed by atoms with van der Waals surface area (Å²) >= 11 is 0. The number of aliphatic hydroxyl groups excluding tert-OH is 1. The molecule has 0 amide bonds. The summed E-state index contributed by atoms with van der Waals surface area (Å²) in [5.41, 5.74) is 9.49. The Balaban J connectivity index is 3.25. The fourth-order valence-corrected chi connectivity index (χ4v) is 1.03. The minimum Gasteiger partial charge on any atom is -0.398 e. The van der Waals surface area contributed by atoms with Gasteiger partial charge in [-0.3, -0.25) is 0 Å². The third kappa shape index (κ3) is 1.35. The third-order valence-electron chi connectivity index (χ3n) is 2.05. The van der Waals surface area contributed by atoms with Crippen LogP contribution in [0.3, 0.4) is 0 Å². The lowest BCUT2D eigenvalue weighted by molar-refractivity contribution is 0.282. The van der Waals surface area contributed by atoms with E-state index in [9.17, 15) is 0 Å². The first kappa shape index (κ1) is 8.08. The number of aryl methyl sites for hydroxylation is 1. The highest BCUT2D eigenvalue weighted by molar-refractivity contribution is 5.55. The monoisotopic (exact) mass is 151 g/mol. The highest BCUT2D eigenvalue weighted by Gasteiger charge is 2.01. The molecule has 0 spiro atoms. The minimum absolute atomic E-state index is 0.0208. The van der Waals surface area contributed by atoms with Crippen molar-refractivity contribution in [2.45, 2.75) is 20.5 Å². The van der Waals surface area contributed by atoms with Crippen molar-refractivity contribution < 1.29 is 5.11 Å². The van der Waals surface area contributed by atoms with Crippen LogP contribution in [-0.4, -0.2) is 5.11 Å². The molecular formula is C9H13NO. The second kappa shape index (κ2) is 2.93. The van der Waals surface area contributed by atoms with Crippen molar-refractivity contribution in [3.05, 3.63) is 28.8 Å². The van der Waals surface area contributed by atoms with Crippen molar-refractivity contribution >= 4 is 5.69 Å². The fraction of sp³-hybridized carbons (Fsp3) is 0.333. The lowest BCUT2D eigenvalue weighted by atomic mass is 10.0. The summed E-state index contributed by atoms with van der Waals surface area (Å²) in [5.74, 6) is 0. The van der Waals surface area contributed by atoms with E-state index in [-0.39, 0.29) is 6.61 Å². The van der Waals surface area contributed by atoms with Crippen LogP contribution >= 0.6 is 0 Å². The number of nitrogen functional groups attached to an aromatic ring is 1. The van der Waals surface area contributed by atoms with Gasteiger partial charge in [-0.05, 0) is 25.0 Å². The van der Waals surface area contributed by atoms with Crippen LogP contribution in [-0.2, 0) is 6.61 Å². The zero-order chi connectivity index (χ0) is 8.43. The van der Waals surface area contributed by atoms with E-state index in [2.05, 4.69) is 0 Å². The van der Waals surface area contributed by atoms with Crippen molar-refractivity contribution in [3.63, 3.8) is 0 Å². The van der Waals surface area contributed by atoms with E-state index >= 15 is 0 Å². The molecule has 0 atom stereocenters. The normalized spacial score (nSPS) is 10.1. The van der Waals surface area contributed by atoms with E-state index in [0.717, 1.165) is 11.1 Å². The number of nitrogens with two attached hydrogens (primary N) is 1. The van der Waals surface area contributed by atoms with Gasteiger partial charge in [0.2, 0.25) is 0 Å². The summed E-state index contributed by atoms with van der Waals surface area (Å²) in [6.07, 6.45) is 0. The smallest absolute Gasteiger partial charge is 0.0702 e. The summed E-state index contributed by atoms with van der Waals surface area (Å²) in [6, 6.07) is 3.83. The Kier molecular flexibility index (Phi) is 2.15. The van der Waals surface area contributed by atoms with E-state index in [1.165, 1.54) is 5.56 Å². The maximum Gasteiger partial charge on any atom is 0.0702 e. The Morgan fingerprint density at radius 3 is 2.55 bits per heavy atom. The number of hydrogen-bond acceptors (Lipinski definition) is 2. The summed E-state index contributed by atoms with van der Waals surface area (Å²) in [4.78, 5) is 0. The van der Waals surface area contributed by atoms with Gasteiger partial charge in [0.1, 0.15) is 0 Å². The predicted octanol–water partition coefficient (Wildman–Crippen LogP) is 1.38. The highest BCUT2D eigenvalue weighted by Crippen LogP contribution is 2.19. The van der Waals surface area contributed by atoms with Gasteiger partial charge in [-0.2, -0.15) is 0 Å². The maximum absolute atomic E-state index is 8.85. The topological polar surface area (TPSA) is 46.2 Å². The second-order valence-electron chi connectivity index (χ2n) is 2.74. The first-order chi connectivity index (χ1) is 5.16. The molecule has 0 heterocycles. The van der Waals surface area contributed by atoms with E-state index in [1.54, 1.807) is 0 Å². The SMILES string of the molecule is Cc1ccc(CO)c(N)c1C. The molecule has 0 saturated heterocycles. The van der Waals surface area contributed by atoms with Crippen molar-refractivity contribution in [2.24, 2.45) is 0 Å². The van der Waals surface area contributed by atoms with Crippen LogP contribution in [0, 0.1) is 13.8 Å². The molecule has 60 valence electrons. The molecule has 0 aliphatic rings. The molecule has 1 aromatic rings. The summed E-state index contributed by atoms with van der Waals surface area (Å²) in [6.45, 7) is 3.99. The average molecular weight is 151 g/mol. The molecule has 0 unspecified atom stereocenters. The van der Waals surface area contributed by atoms with Crippen molar-refractivity contribution in [2.75, 3.05) is 5.73 Å². The van der Waals surface area contributed by atoms with Crippen molar-refractivity contribution in [1.29, 1.82) is 0 Å². The standard InChI is InChI=1S/C9H13NO/c1-6-3-4-8(5-11)9(10)7(6)2/h3-4,11H,5,10H2,1-2H3. The average Bonchev–Trinajstić information content (AvgIpc) is 2.01. The van der Waals surface area contributed by atoms with Crippen LogP contribution in [0.1, 0.15) is 16.7 Å². The first-order valence-corrected chi connectivity index (χ1v) is 3.62. The van der Waals surface area contributed by atoms with Crippen LogP contribution in [0.15, 0.2) is 12.1 Å². The molecule has 1 rings (SSSR count). The molecule has 0 aromatic heterocycles. The molecule has 2 heteroatoms. The fourth-order valence-electron chi connectivity index (χ4n) is 1.03. The van der Waals surface area contributed by atoms with E-state index in [0.29, 0.717) is 5.69 Å². The first-order valence-electron chi connectivity index (χ1n) is 3.62. The van der Waals surface area contributed by atoms with Crippen LogP contribution in [0.4, 0.5) is 5.69 Å². The van der Waals surface area contributed by atoms with E-state index < -0.39 is 0 Å². The Morgan fingerprint density at radius 2 is 2.00 bits per heavy atom. The largest absolute Gasteiger partial charge is 0.398 e. The molecule has 11 heavy (non-hydrogen) atoms. The van der Waals surface area contributed by atoms with Gasteiger partial charge in [0.05, 0.1) is 6.61 Å². The molecule has 0 bridgehead atoms. The summed E-state index contributed by atoms with van der Waals surface area (Å²) in [7, 11) is 0. The number of hydrogen-bond donors (Lipinski definition) is 2. The molecule has 0 saturated carbocycles. The van der Waals surface area contributed by atoms with Gasteiger partial charge in [-0.25, -0.2) is 0 Å². The summed E-state index contributed by atoms with van der Waals surface area (Å²) in [5, 5.41) is 8.85. The molecule has 2 nitrogen and oxygen atoms in total. The van der Waals surface area contributed by atoms with Gasteiger partial charge in [-0.1, -0.05) is 12.1 Å². The Labute approximate surface area is 66.7 Å². The lowest BCUT2D eigenvalue weighted by Crippen LogP contribution is -1.98. The van der Waals surface area contributed by atoms with Crippen LogP contribution in [0.2, 0.25) is 0 Å². The van der Waals surface area contributed by atoms with Crippen LogP contribution in [0.5, 0.6) is 0 Å². The van der Waals surface area contributed by atoms with Gasteiger partial charge in [0, 0.05) is 11.3 Å². The molecule has 0 fully saturated rings. The van der Waals surface area contributed by atoms with Crippen LogP contribution in [0.25, 0.3) is 0 Å². The van der Waals surface area contributed by atoms with Gasteiger partial charge in [0.15, 0.2) is 0 Å². The molecular weight excluding hydrogens is 138 g/mol. The highest BCUT2D eigenvalue weighted by atomic mass is 16.3. The number of anilines is 1. The predicted molar refractivity (Wildman–Crippen MR) is 46.3 cm³/mol. The molecule has 0 radical (unpaired) electrons. The second-order valence-corrected chi connectivity index (χ2v) is 2.74. The Bertz CT molecular complexity index is 269. The zero-order valence-corrected chi connectivity index (χ0v) is 6.89. The molecule has 0 aliphatic carbocycles. The van der Waals surface area contributed by atoms with Gasteiger partial charge < -0.3 is 10.8 Å². The van der Waals surface area contributed by atoms with Crippen molar-refractivity contribution in [1.82, 2.24) is 0 Å². The van der Waals surface area contributed by atoms with Gasteiger partial charge in [-0.15, -0.1) is 0 Å². The van der Waals surface area contributed by atoms with Gasteiger partial charge in [0.25, 0.3) is 0 Å². The van der Waals surface area contributed by atoms with E-state index in [4.69, 9.17) is 10.8 Å². The minimum atomic E-state index is 0.0208. The quantitative estimate of drug-likeness (QED) is 0.595. The molecule has 1 aromatic carbocycles. The molecule has 0 aliphatic heterocycles. The molecule has 3 N–H and O–H groups in total. The van der Waals surface area contributed by atoms with E-state index in [1.807, 2.05) is 26.0 Å².